The summed E-state index contributed by atoms with van der Waals surface area (Å²) in [6.07, 6.45) is 5.74. The molecule has 0 aromatic carbocycles. The minimum absolute atomic E-state index is 0.202. The van der Waals surface area contributed by atoms with Crippen molar-refractivity contribution in [1.29, 1.82) is 0 Å². The van der Waals surface area contributed by atoms with Gasteiger partial charge in [-0.05, 0) is 18.6 Å². The van der Waals surface area contributed by atoms with Crippen molar-refractivity contribution in [2.24, 2.45) is 5.73 Å². The van der Waals surface area contributed by atoms with Crippen LogP contribution in [0.1, 0.15) is 22.5 Å². The third-order valence-electron chi connectivity index (χ3n) is 2.65. The van der Waals surface area contributed by atoms with Gasteiger partial charge in [-0.15, -0.1) is 5.10 Å². The topological polar surface area (TPSA) is 98.7 Å². The van der Waals surface area contributed by atoms with Gasteiger partial charge >= 0.3 is 0 Å². The first-order valence-corrected chi connectivity index (χ1v) is 6.57. The number of aryl methyl sites for hydroxylation is 1. The Labute approximate surface area is 122 Å². The number of pyridine rings is 1. The predicted octanol–water partition coefficient (Wildman–Crippen LogP) is -0.197. The van der Waals surface area contributed by atoms with Gasteiger partial charge in [0.25, 0.3) is 5.91 Å². The van der Waals surface area contributed by atoms with Crippen LogP contribution in [0, 0.1) is 11.8 Å². The molecule has 0 aliphatic carbocycles. The second kappa shape index (κ2) is 7.77. The Morgan fingerprint density at radius 3 is 3.00 bits per heavy atom. The Kier molecular flexibility index (Phi) is 5.43. The molecule has 0 saturated heterocycles. The van der Waals surface area contributed by atoms with Gasteiger partial charge in [-0.25, -0.2) is 4.98 Å². The van der Waals surface area contributed by atoms with Crippen LogP contribution in [0.3, 0.4) is 0 Å². The molecular formula is C14H16N6O. The summed E-state index contributed by atoms with van der Waals surface area (Å²) in [5.41, 5.74) is 6.40. The Hall–Kier alpha value is -2.72. The predicted molar refractivity (Wildman–Crippen MR) is 77.1 cm³/mol. The SMILES string of the molecule is NCC#Cc1ccc(C(=O)NCCCn2ccnn2)nc1. The van der Waals surface area contributed by atoms with E-state index in [1.54, 1.807) is 35.4 Å². The second-order valence-electron chi connectivity index (χ2n) is 4.21. The molecule has 0 unspecified atom stereocenters. The highest BCUT2D eigenvalue weighted by Crippen LogP contribution is 1.99. The van der Waals surface area contributed by atoms with Gasteiger partial charge < -0.3 is 11.1 Å². The molecule has 108 valence electrons. The van der Waals surface area contributed by atoms with Crippen LogP contribution in [0.25, 0.3) is 0 Å². The first kappa shape index (κ1) is 14.7. The summed E-state index contributed by atoms with van der Waals surface area (Å²) < 4.78 is 1.72. The Balaban J connectivity index is 1.77. The Morgan fingerprint density at radius 2 is 2.33 bits per heavy atom. The van der Waals surface area contributed by atoms with Crippen LogP contribution in [0.4, 0.5) is 0 Å². The van der Waals surface area contributed by atoms with Crippen LogP contribution >= 0.6 is 0 Å². The quantitative estimate of drug-likeness (QED) is 0.585. The van der Waals surface area contributed by atoms with E-state index in [0.29, 0.717) is 25.3 Å². The maximum Gasteiger partial charge on any atom is 0.269 e. The van der Waals surface area contributed by atoms with Gasteiger partial charge in [-0.2, -0.15) is 0 Å². The van der Waals surface area contributed by atoms with Crippen LogP contribution in [0.15, 0.2) is 30.7 Å². The van der Waals surface area contributed by atoms with Crippen LogP contribution in [-0.4, -0.2) is 39.0 Å². The molecule has 3 N–H and O–H groups in total. The molecule has 1 amide bonds. The maximum absolute atomic E-state index is 11.9. The number of nitrogens with one attached hydrogen (secondary N) is 1. The highest BCUT2D eigenvalue weighted by atomic mass is 16.1. The van der Waals surface area contributed by atoms with Gasteiger partial charge in [0.2, 0.25) is 0 Å². The van der Waals surface area contributed by atoms with Crippen LogP contribution in [0.5, 0.6) is 0 Å². The molecule has 0 fully saturated rings. The van der Waals surface area contributed by atoms with Crippen molar-refractivity contribution < 1.29 is 4.79 Å². The van der Waals surface area contributed by atoms with E-state index in [1.165, 1.54) is 0 Å². The van der Waals surface area contributed by atoms with Crippen LogP contribution < -0.4 is 11.1 Å². The summed E-state index contributed by atoms with van der Waals surface area (Å²) in [5, 5.41) is 10.4. The summed E-state index contributed by atoms with van der Waals surface area (Å²) in [6.45, 7) is 1.56. The average molecular weight is 284 g/mol. The number of rotatable bonds is 5. The Bertz CT molecular complexity index is 624. The molecule has 0 radical (unpaired) electrons. The maximum atomic E-state index is 11.9. The lowest BCUT2D eigenvalue weighted by molar-refractivity contribution is 0.0947. The van der Waals surface area contributed by atoms with Crippen molar-refractivity contribution in [3.05, 3.63) is 42.0 Å². The number of carbonyl (C=O) groups is 1. The number of nitrogens with two attached hydrogens (primary N) is 1. The summed E-state index contributed by atoms with van der Waals surface area (Å²) in [4.78, 5) is 15.9. The van der Waals surface area contributed by atoms with Crippen molar-refractivity contribution in [2.45, 2.75) is 13.0 Å². The Morgan fingerprint density at radius 1 is 1.43 bits per heavy atom. The van der Waals surface area contributed by atoms with E-state index in [4.69, 9.17) is 5.73 Å². The standard InChI is InChI=1S/C14H16N6O/c15-6-1-3-12-4-5-13(17-11-12)14(21)16-7-2-9-20-10-8-18-19-20/h4-5,8,10-11H,2,6-7,9,15H2,(H,16,21). The summed E-state index contributed by atoms with van der Waals surface area (Å²) in [5.74, 6) is 5.38. The highest BCUT2D eigenvalue weighted by Gasteiger charge is 2.05. The third-order valence-corrected chi connectivity index (χ3v) is 2.65. The fourth-order valence-corrected chi connectivity index (χ4v) is 1.64. The molecule has 2 aromatic rings. The van der Waals surface area contributed by atoms with Crippen LogP contribution in [-0.2, 0) is 6.54 Å². The smallest absolute Gasteiger partial charge is 0.269 e. The number of carbonyl (C=O) groups excluding carboxylic acids is 1. The molecule has 7 nitrogen and oxygen atoms in total. The van der Waals surface area contributed by atoms with E-state index < -0.39 is 0 Å². The number of amides is 1. The normalized spacial score (nSPS) is 9.76. The first-order valence-electron chi connectivity index (χ1n) is 6.57. The van der Waals surface area contributed by atoms with Gasteiger partial charge in [-0.1, -0.05) is 17.1 Å². The minimum atomic E-state index is -0.202. The van der Waals surface area contributed by atoms with Crippen molar-refractivity contribution in [3.8, 4) is 11.8 Å². The molecule has 0 bridgehead atoms. The molecule has 0 aliphatic rings. The second-order valence-corrected chi connectivity index (χ2v) is 4.21. The molecule has 2 heterocycles. The zero-order valence-corrected chi connectivity index (χ0v) is 11.5. The number of hydrogen-bond donors (Lipinski definition) is 2. The molecule has 0 aliphatic heterocycles. The van der Waals surface area contributed by atoms with Gasteiger partial charge in [0.1, 0.15) is 5.69 Å². The number of nitrogens with zero attached hydrogens (tertiary/aromatic N) is 4. The van der Waals surface area contributed by atoms with Crippen molar-refractivity contribution in [3.63, 3.8) is 0 Å². The van der Waals surface area contributed by atoms with Crippen molar-refractivity contribution >= 4 is 5.91 Å². The third kappa shape index (κ3) is 4.71. The molecule has 0 spiro atoms. The summed E-state index contributed by atoms with van der Waals surface area (Å²) in [7, 11) is 0. The number of aromatic nitrogens is 4. The van der Waals surface area contributed by atoms with Crippen molar-refractivity contribution in [1.82, 2.24) is 25.3 Å². The summed E-state index contributed by atoms with van der Waals surface area (Å²) >= 11 is 0. The van der Waals surface area contributed by atoms with E-state index in [-0.39, 0.29) is 5.91 Å². The monoisotopic (exact) mass is 284 g/mol. The molecule has 21 heavy (non-hydrogen) atoms. The molecule has 2 rings (SSSR count). The fraction of sp³-hybridized carbons (Fsp3) is 0.286. The summed E-state index contributed by atoms with van der Waals surface area (Å²) in [6, 6.07) is 3.40. The molecule has 0 saturated carbocycles. The van der Waals surface area contributed by atoms with Crippen molar-refractivity contribution in [2.75, 3.05) is 13.1 Å². The van der Waals surface area contributed by atoms with Gasteiger partial charge in [0.15, 0.2) is 0 Å². The molecular weight excluding hydrogens is 268 g/mol. The first-order chi connectivity index (χ1) is 10.3. The van der Waals surface area contributed by atoms with Gasteiger partial charge in [0, 0.05) is 31.0 Å². The lowest BCUT2D eigenvalue weighted by atomic mass is 10.2. The van der Waals surface area contributed by atoms with E-state index in [2.05, 4.69) is 32.5 Å². The van der Waals surface area contributed by atoms with Gasteiger partial charge in [-0.3, -0.25) is 9.48 Å². The van der Waals surface area contributed by atoms with E-state index in [0.717, 1.165) is 12.0 Å². The van der Waals surface area contributed by atoms with Gasteiger partial charge in [0.05, 0.1) is 12.7 Å². The highest BCUT2D eigenvalue weighted by molar-refractivity contribution is 5.92. The molecule has 0 atom stereocenters. The van der Waals surface area contributed by atoms with E-state index in [9.17, 15) is 4.79 Å². The minimum Gasteiger partial charge on any atom is -0.351 e. The van der Waals surface area contributed by atoms with Crippen LogP contribution in [0.2, 0.25) is 0 Å². The lowest BCUT2D eigenvalue weighted by Gasteiger charge is -2.04. The zero-order valence-electron chi connectivity index (χ0n) is 11.5. The lowest BCUT2D eigenvalue weighted by Crippen LogP contribution is -2.26. The zero-order chi connectivity index (χ0) is 14.9. The largest absolute Gasteiger partial charge is 0.351 e. The van der Waals surface area contributed by atoms with E-state index >= 15 is 0 Å². The molecule has 2 aromatic heterocycles. The fourth-order valence-electron chi connectivity index (χ4n) is 1.64. The number of hydrogen-bond acceptors (Lipinski definition) is 5. The average Bonchev–Trinajstić information content (AvgIpc) is 3.03. The molecule has 7 heteroatoms. The van der Waals surface area contributed by atoms with E-state index in [1.807, 2.05) is 0 Å².